The maximum absolute atomic E-state index is 11.1. The molecule has 1 atom stereocenters. The van der Waals surface area contributed by atoms with Crippen LogP contribution in [0.3, 0.4) is 0 Å². The van der Waals surface area contributed by atoms with Crippen molar-refractivity contribution in [2.75, 3.05) is 38.2 Å². The number of sulfone groups is 1. The molecule has 118 valence electrons. The van der Waals surface area contributed by atoms with E-state index in [1.165, 1.54) is 6.26 Å². The number of ether oxygens (including phenoxy) is 1. The van der Waals surface area contributed by atoms with E-state index in [1.807, 2.05) is 6.92 Å². The van der Waals surface area contributed by atoms with Crippen molar-refractivity contribution in [1.29, 1.82) is 0 Å². The van der Waals surface area contributed by atoms with Crippen molar-refractivity contribution in [3.63, 3.8) is 0 Å². The van der Waals surface area contributed by atoms with Gasteiger partial charge in [0.25, 0.3) is 0 Å². The summed E-state index contributed by atoms with van der Waals surface area (Å²) in [5.74, 6) is 0.915. The van der Waals surface area contributed by atoms with E-state index in [4.69, 9.17) is 4.74 Å². The summed E-state index contributed by atoms with van der Waals surface area (Å²) in [6, 6.07) is 0. The molecule has 7 heteroatoms. The van der Waals surface area contributed by atoms with Gasteiger partial charge in [-0.25, -0.2) is 8.42 Å². The molecule has 0 aromatic rings. The molecular formula is C13H27N3O3S. The number of hydrogen-bond acceptors (Lipinski definition) is 4. The molecule has 1 rings (SSSR count). The fourth-order valence-corrected chi connectivity index (χ4v) is 2.76. The molecule has 1 heterocycles. The van der Waals surface area contributed by atoms with E-state index in [1.54, 1.807) is 0 Å². The Morgan fingerprint density at radius 1 is 1.40 bits per heavy atom. The molecule has 0 amide bonds. The monoisotopic (exact) mass is 305 g/mol. The zero-order chi connectivity index (χ0) is 15.1. The summed E-state index contributed by atoms with van der Waals surface area (Å²) in [5.41, 5.74) is -0.158. The van der Waals surface area contributed by atoms with Crippen LogP contribution >= 0.6 is 0 Å². The second kappa shape index (κ2) is 7.83. The number of hydrogen-bond donors (Lipinski definition) is 2. The molecule has 6 nitrogen and oxygen atoms in total. The Morgan fingerprint density at radius 3 is 2.70 bits per heavy atom. The summed E-state index contributed by atoms with van der Waals surface area (Å²) in [6.07, 6.45) is 3.95. The molecule has 1 aliphatic heterocycles. The van der Waals surface area contributed by atoms with Gasteiger partial charge in [-0.15, -0.1) is 0 Å². The molecule has 0 spiro atoms. The van der Waals surface area contributed by atoms with Gasteiger partial charge in [-0.2, -0.15) is 0 Å². The van der Waals surface area contributed by atoms with Crippen molar-refractivity contribution in [2.24, 2.45) is 4.99 Å². The summed E-state index contributed by atoms with van der Waals surface area (Å²) in [4.78, 5) is 4.52. The lowest BCUT2D eigenvalue weighted by molar-refractivity contribution is 0.0283. The van der Waals surface area contributed by atoms with Gasteiger partial charge in [0.2, 0.25) is 0 Å². The van der Waals surface area contributed by atoms with Crippen molar-refractivity contribution in [1.82, 2.24) is 10.6 Å². The minimum atomic E-state index is -2.89. The van der Waals surface area contributed by atoms with Crippen LogP contribution in [0.2, 0.25) is 0 Å². The van der Waals surface area contributed by atoms with Crippen LogP contribution in [-0.4, -0.2) is 58.2 Å². The first-order valence-electron chi connectivity index (χ1n) is 7.18. The van der Waals surface area contributed by atoms with Gasteiger partial charge in [0.05, 0.1) is 17.9 Å². The maximum atomic E-state index is 11.1. The number of nitrogens with zero attached hydrogens (tertiary/aromatic N) is 1. The van der Waals surface area contributed by atoms with Crippen molar-refractivity contribution in [2.45, 2.75) is 38.7 Å². The Balaban J connectivity index is 2.38. The Labute approximate surface area is 122 Å². The van der Waals surface area contributed by atoms with Gasteiger partial charge in [0, 0.05) is 26.0 Å². The lowest BCUT2D eigenvalue weighted by atomic mass is 10.0. The Bertz CT molecular complexity index is 415. The van der Waals surface area contributed by atoms with Crippen LogP contribution in [0.4, 0.5) is 0 Å². The van der Waals surface area contributed by atoms with E-state index < -0.39 is 9.84 Å². The zero-order valence-electron chi connectivity index (χ0n) is 12.7. The average molecular weight is 305 g/mol. The highest BCUT2D eigenvalue weighted by Crippen LogP contribution is 2.24. The standard InChI is InChI=1S/C13H27N3O3S/c1-4-14-12(15-8-6-10-20(3,17)18)16-11-13(2)7-5-9-19-13/h4-11H2,1-3H3,(H2,14,15,16). The third-order valence-electron chi connectivity index (χ3n) is 3.20. The molecule has 0 aromatic heterocycles. The first-order valence-corrected chi connectivity index (χ1v) is 9.24. The molecule has 0 bridgehead atoms. The van der Waals surface area contributed by atoms with Crippen molar-refractivity contribution >= 4 is 15.8 Å². The van der Waals surface area contributed by atoms with Crippen molar-refractivity contribution in [3.8, 4) is 0 Å². The van der Waals surface area contributed by atoms with Gasteiger partial charge in [-0.05, 0) is 33.1 Å². The fraction of sp³-hybridized carbons (Fsp3) is 0.923. The number of aliphatic imine (C=N–C) groups is 1. The van der Waals surface area contributed by atoms with Gasteiger partial charge in [-0.3, -0.25) is 4.99 Å². The van der Waals surface area contributed by atoms with Crippen LogP contribution in [0.25, 0.3) is 0 Å². The first-order chi connectivity index (χ1) is 9.35. The largest absolute Gasteiger partial charge is 0.373 e. The van der Waals surface area contributed by atoms with Gasteiger partial charge < -0.3 is 15.4 Å². The predicted octanol–water partition coefficient (Wildman–Crippen LogP) is 0.545. The van der Waals surface area contributed by atoms with E-state index >= 15 is 0 Å². The molecular weight excluding hydrogens is 278 g/mol. The topological polar surface area (TPSA) is 79.8 Å². The van der Waals surface area contributed by atoms with E-state index in [0.717, 1.165) is 32.0 Å². The maximum Gasteiger partial charge on any atom is 0.191 e. The lowest BCUT2D eigenvalue weighted by Crippen LogP contribution is -2.40. The number of nitrogens with one attached hydrogen (secondary N) is 2. The van der Waals surface area contributed by atoms with Crippen LogP contribution < -0.4 is 10.6 Å². The van der Waals surface area contributed by atoms with E-state index in [-0.39, 0.29) is 11.4 Å². The van der Waals surface area contributed by atoms with Crippen LogP contribution in [-0.2, 0) is 14.6 Å². The SMILES string of the molecule is CCNC(=NCC1(C)CCCO1)NCCCS(C)(=O)=O. The van der Waals surface area contributed by atoms with Crippen LogP contribution in [0.15, 0.2) is 4.99 Å². The second-order valence-electron chi connectivity index (χ2n) is 5.51. The smallest absolute Gasteiger partial charge is 0.191 e. The van der Waals surface area contributed by atoms with Crippen molar-refractivity contribution < 1.29 is 13.2 Å². The second-order valence-corrected chi connectivity index (χ2v) is 7.77. The molecule has 20 heavy (non-hydrogen) atoms. The van der Waals surface area contributed by atoms with E-state index in [9.17, 15) is 8.42 Å². The quantitative estimate of drug-likeness (QED) is 0.408. The van der Waals surface area contributed by atoms with E-state index in [0.29, 0.717) is 19.5 Å². The Hall–Kier alpha value is -0.820. The normalized spacial score (nSPS) is 23.9. The van der Waals surface area contributed by atoms with Crippen LogP contribution in [0.5, 0.6) is 0 Å². The predicted molar refractivity (Wildman–Crippen MR) is 81.9 cm³/mol. The van der Waals surface area contributed by atoms with Gasteiger partial charge in [-0.1, -0.05) is 0 Å². The summed E-state index contributed by atoms with van der Waals surface area (Å²) in [5, 5.41) is 6.31. The van der Waals surface area contributed by atoms with Gasteiger partial charge in [0.15, 0.2) is 5.96 Å². The molecule has 1 aliphatic rings. The molecule has 0 radical (unpaired) electrons. The molecule has 1 unspecified atom stereocenters. The summed E-state index contributed by atoms with van der Waals surface area (Å²) >= 11 is 0. The Kier molecular flexibility index (Phi) is 6.75. The number of rotatable bonds is 7. The molecule has 0 aliphatic carbocycles. The lowest BCUT2D eigenvalue weighted by Gasteiger charge is -2.21. The van der Waals surface area contributed by atoms with Crippen molar-refractivity contribution in [3.05, 3.63) is 0 Å². The highest BCUT2D eigenvalue weighted by Gasteiger charge is 2.29. The van der Waals surface area contributed by atoms with Gasteiger partial charge in [0.1, 0.15) is 9.84 Å². The van der Waals surface area contributed by atoms with Gasteiger partial charge >= 0.3 is 0 Å². The Morgan fingerprint density at radius 2 is 2.15 bits per heavy atom. The molecule has 1 fully saturated rings. The number of guanidine groups is 1. The van der Waals surface area contributed by atoms with E-state index in [2.05, 4.69) is 22.5 Å². The van der Waals surface area contributed by atoms with Crippen LogP contribution in [0, 0.1) is 0 Å². The zero-order valence-corrected chi connectivity index (χ0v) is 13.6. The third kappa shape index (κ3) is 7.09. The summed E-state index contributed by atoms with van der Waals surface area (Å²) in [6.45, 7) is 6.88. The fourth-order valence-electron chi connectivity index (χ4n) is 2.09. The third-order valence-corrected chi connectivity index (χ3v) is 4.23. The minimum absolute atomic E-state index is 0.158. The molecule has 2 N–H and O–H groups in total. The van der Waals surface area contributed by atoms with Crippen LogP contribution in [0.1, 0.15) is 33.1 Å². The molecule has 0 saturated carbocycles. The highest BCUT2D eigenvalue weighted by molar-refractivity contribution is 7.90. The average Bonchev–Trinajstić information content (AvgIpc) is 2.78. The summed E-state index contributed by atoms with van der Waals surface area (Å²) in [7, 11) is -2.89. The summed E-state index contributed by atoms with van der Waals surface area (Å²) < 4.78 is 27.8. The molecule has 0 aromatic carbocycles. The molecule has 1 saturated heterocycles. The highest BCUT2D eigenvalue weighted by atomic mass is 32.2. The minimum Gasteiger partial charge on any atom is -0.373 e. The first kappa shape index (κ1) is 17.2.